The zero-order valence-corrected chi connectivity index (χ0v) is 18.4. The Bertz CT molecular complexity index is 1000. The molecule has 1 aliphatic heterocycles. The van der Waals surface area contributed by atoms with Gasteiger partial charge in [-0.25, -0.2) is 0 Å². The Hall–Kier alpha value is -2.13. The van der Waals surface area contributed by atoms with Crippen LogP contribution < -0.4 is 34.8 Å². The van der Waals surface area contributed by atoms with E-state index in [9.17, 15) is 0 Å². The Labute approximate surface area is 191 Å². The van der Waals surface area contributed by atoms with Crippen LogP contribution in [0.15, 0.2) is 121 Å². The second-order valence-corrected chi connectivity index (χ2v) is 12.1. The monoisotopic (exact) mass is 402 g/mol. The molecule has 1 heterocycles. The van der Waals surface area contributed by atoms with Crippen molar-refractivity contribution in [1.82, 2.24) is 0 Å². The van der Waals surface area contributed by atoms with Crippen LogP contribution in [0.3, 0.4) is 0 Å². The van der Waals surface area contributed by atoms with Crippen LogP contribution in [0.1, 0.15) is 18.6 Å². The van der Waals surface area contributed by atoms with Crippen molar-refractivity contribution in [3.63, 3.8) is 0 Å². The topological polar surface area (TPSA) is 9.23 Å². The summed E-state index contributed by atoms with van der Waals surface area (Å²) in [5.74, 6) is 0. The molecule has 1 nitrogen and oxygen atoms in total. The molecule has 5 rings (SSSR count). The third-order valence-electron chi connectivity index (χ3n) is 6.22. The summed E-state index contributed by atoms with van der Waals surface area (Å²) in [7, 11) is 0. The van der Waals surface area contributed by atoms with Gasteiger partial charge in [-0.05, 0) is 0 Å². The van der Waals surface area contributed by atoms with E-state index < -0.39 is 6.83 Å². The minimum atomic E-state index is -3.17. The summed E-state index contributed by atoms with van der Waals surface area (Å²) in [5.41, 5.74) is 2.62. The van der Waals surface area contributed by atoms with Gasteiger partial charge in [-0.15, -0.1) is 0 Å². The Morgan fingerprint density at radius 3 is 1.23 bits per heavy atom. The number of benzene rings is 4. The van der Waals surface area contributed by atoms with Crippen molar-refractivity contribution in [3.05, 3.63) is 133 Å². The van der Waals surface area contributed by atoms with Crippen LogP contribution in [0.25, 0.3) is 0 Å². The summed E-state index contributed by atoms with van der Waals surface area (Å²) in [5, 5.41) is 3.79. The molecule has 0 aromatic heterocycles. The van der Waals surface area contributed by atoms with Crippen molar-refractivity contribution in [2.24, 2.45) is 0 Å². The van der Waals surface area contributed by atoms with Gasteiger partial charge >= 0.3 is 192 Å². The maximum Gasteiger partial charge on any atom is 1.00 e. The van der Waals surface area contributed by atoms with Crippen LogP contribution in [0.2, 0.25) is 0 Å². The van der Waals surface area contributed by atoms with E-state index in [-0.39, 0.29) is 25.0 Å². The van der Waals surface area contributed by atoms with Crippen molar-refractivity contribution in [1.29, 1.82) is 0 Å². The molecule has 3 heteroatoms. The predicted octanol–water partition coefficient (Wildman–Crippen LogP) is 2.76. The van der Waals surface area contributed by atoms with Gasteiger partial charge in [0.2, 0.25) is 0 Å². The molecule has 0 amide bonds. The smallest absolute Gasteiger partial charge is 1.00 e. The molecular formula is C27H24LiOP. The minimum absolute atomic E-state index is 0. The van der Waals surface area contributed by atoms with Crippen LogP contribution in [0, 0.1) is 5.66 Å². The molecule has 1 fully saturated rings. The summed E-state index contributed by atoms with van der Waals surface area (Å²) >= 11 is 0. The van der Waals surface area contributed by atoms with Gasteiger partial charge in [-0.3, -0.25) is 0 Å². The molecule has 4 aromatic rings. The molecule has 0 radical (unpaired) electrons. The van der Waals surface area contributed by atoms with Gasteiger partial charge in [0, 0.05) is 0 Å². The van der Waals surface area contributed by atoms with E-state index in [0.717, 1.165) is 0 Å². The first-order valence-corrected chi connectivity index (χ1v) is 12.2. The van der Waals surface area contributed by atoms with Gasteiger partial charge in [-0.2, -0.15) is 0 Å². The van der Waals surface area contributed by atoms with E-state index in [1.54, 1.807) is 0 Å². The molecule has 0 spiro atoms. The maximum absolute atomic E-state index is 7.26. The molecule has 0 aliphatic carbocycles. The molecule has 0 bridgehead atoms. The average Bonchev–Trinajstić information content (AvgIpc) is 2.82. The molecule has 30 heavy (non-hydrogen) atoms. The fraction of sp³-hybridized carbons (Fsp3) is 0.0741. The van der Waals surface area contributed by atoms with Crippen LogP contribution >= 0.6 is 6.83 Å². The Morgan fingerprint density at radius 2 is 0.900 bits per heavy atom. The van der Waals surface area contributed by atoms with Crippen molar-refractivity contribution >= 4 is 22.7 Å². The summed E-state index contributed by atoms with van der Waals surface area (Å²) < 4.78 is 7.26. The quantitative estimate of drug-likeness (QED) is 0.290. The Balaban J connectivity index is 0.00000218. The van der Waals surface area contributed by atoms with Crippen LogP contribution in [-0.2, 0) is 4.52 Å². The van der Waals surface area contributed by atoms with E-state index in [1.807, 2.05) is 0 Å². The normalized spacial score (nSPS) is 20.7. The third-order valence-corrected chi connectivity index (χ3v) is 12.3. The van der Waals surface area contributed by atoms with Gasteiger partial charge < -0.3 is 0 Å². The zero-order chi connectivity index (χ0) is 19.8. The fourth-order valence-corrected chi connectivity index (χ4v) is 10.9. The molecular weight excluding hydrogens is 378 g/mol. The molecule has 4 aromatic carbocycles. The van der Waals surface area contributed by atoms with E-state index in [1.165, 1.54) is 27.1 Å². The standard InChI is InChI=1S/C27H24OP.Li/c1-22-27(23-14-6-2-7-15-23)28-29(22,24-16-8-3-9-17-24,25-18-10-4-11-19-25)26-20-12-5-13-21-26;/h2-21,27H,1H3;/q-1;+1/t27-;/m0./s1. The summed E-state index contributed by atoms with van der Waals surface area (Å²) in [6, 6.07) is 43.0. The van der Waals surface area contributed by atoms with Gasteiger partial charge in [0.25, 0.3) is 0 Å². The molecule has 1 atom stereocenters. The summed E-state index contributed by atoms with van der Waals surface area (Å²) in [4.78, 5) is 0. The van der Waals surface area contributed by atoms with E-state index >= 15 is 0 Å². The van der Waals surface area contributed by atoms with Gasteiger partial charge in [-0.1, -0.05) is 0 Å². The van der Waals surface area contributed by atoms with Crippen molar-refractivity contribution in [3.8, 4) is 0 Å². The van der Waals surface area contributed by atoms with Crippen LogP contribution in [0.4, 0.5) is 0 Å². The second kappa shape index (κ2) is 8.18. The first kappa shape index (κ1) is 21.1. The maximum atomic E-state index is 7.26. The van der Waals surface area contributed by atoms with Crippen LogP contribution in [-0.4, -0.2) is 0 Å². The largest absolute Gasteiger partial charge is 1.00 e. The Morgan fingerprint density at radius 1 is 0.567 bits per heavy atom. The Kier molecular flexibility index (Phi) is 5.76. The van der Waals surface area contributed by atoms with Crippen molar-refractivity contribution < 1.29 is 23.4 Å². The molecule has 0 saturated carbocycles. The first-order valence-electron chi connectivity index (χ1n) is 10.0. The first-order chi connectivity index (χ1) is 14.3. The summed E-state index contributed by atoms with van der Waals surface area (Å²) in [6.45, 7) is -0.871. The minimum Gasteiger partial charge on any atom is 1.00 e. The average molecular weight is 402 g/mol. The van der Waals surface area contributed by atoms with Crippen molar-refractivity contribution in [2.45, 2.75) is 13.0 Å². The summed E-state index contributed by atoms with van der Waals surface area (Å²) in [6.07, 6.45) is -0.00511. The molecule has 0 N–H and O–H groups in total. The molecule has 0 unspecified atom stereocenters. The van der Waals surface area contributed by atoms with Gasteiger partial charge in [0.05, 0.1) is 0 Å². The predicted molar refractivity (Wildman–Crippen MR) is 124 cm³/mol. The molecule has 144 valence electrons. The van der Waals surface area contributed by atoms with Crippen LogP contribution in [0.5, 0.6) is 0 Å². The van der Waals surface area contributed by atoms with E-state index in [0.29, 0.717) is 0 Å². The van der Waals surface area contributed by atoms with Gasteiger partial charge in [0.1, 0.15) is 0 Å². The number of hydrogen-bond donors (Lipinski definition) is 0. The number of rotatable bonds is 4. The van der Waals surface area contributed by atoms with E-state index in [4.69, 9.17) is 4.52 Å². The molecule has 1 aliphatic rings. The molecule has 1 saturated heterocycles. The van der Waals surface area contributed by atoms with E-state index in [2.05, 4.69) is 128 Å². The third kappa shape index (κ3) is 2.78. The second-order valence-electron chi connectivity index (χ2n) is 7.58. The van der Waals surface area contributed by atoms with Crippen molar-refractivity contribution in [2.75, 3.05) is 0 Å². The van der Waals surface area contributed by atoms with Gasteiger partial charge in [0.15, 0.2) is 0 Å². The SMILES string of the molecule is C[C-]1[C@@H](c2ccccc2)OP1(c1ccccc1)(c1ccccc1)c1ccccc1.[Li+]. The fourth-order valence-electron chi connectivity index (χ4n) is 4.85. The zero-order valence-electron chi connectivity index (χ0n) is 17.5. The number of hydrogen-bond acceptors (Lipinski definition) is 1.